The fourth-order valence-corrected chi connectivity index (χ4v) is 2.82. The molecule has 0 bridgehead atoms. The first-order chi connectivity index (χ1) is 11.9. The van der Waals surface area contributed by atoms with E-state index >= 15 is 0 Å². The molecule has 0 aliphatic heterocycles. The zero-order chi connectivity index (χ0) is 18.4. The van der Waals surface area contributed by atoms with Crippen LogP contribution >= 0.6 is 0 Å². The molecule has 4 heteroatoms. The Bertz CT molecular complexity index is 741. The summed E-state index contributed by atoms with van der Waals surface area (Å²) in [5.41, 5.74) is 5.19. The average Bonchev–Trinajstić information content (AvgIpc) is 2.58. The van der Waals surface area contributed by atoms with Gasteiger partial charge in [0, 0.05) is 23.4 Å². The number of hydrogen-bond acceptors (Lipinski definition) is 2. The summed E-state index contributed by atoms with van der Waals surface area (Å²) in [5.74, 6) is -0.279. The number of carbonyl (C=O) groups is 2. The molecule has 0 heterocycles. The maximum Gasteiger partial charge on any atom is 0.255 e. The molecule has 0 aromatic heterocycles. The van der Waals surface area contributed by atoms with E-state index in [9.17, 15) is 9.59 Å². The normalized spacial score (nSPS) is 10.4. The van der Waals surface area contributed by atoms with Crippen molar-refractivity contribution in [2.45, 2.75) is 40.5 Å². The number of benzene rings is 2. The van der Waals surface area contributed by atoms with Crippen LogP contribution in [0.4, 0.5) is 5.69 Å². The van der Waals surface area contributed by atoms with Gasteiger partial charge in [0.1, 0.15) is 0 Å². The van der Waals surface area contributed by atoms with E-state index in [-0.39, 0.29) is 11.8 Å². The number of rotatable bonds is 6. The van der Waals surface area contributed by atoms with Crippen molar-refractivity contribution in [2.75, 3.05) is 11.9 Å². The Kier molecular flexibility index (Phi) is 6.34. The smallest absolute Gasteiger partial charge is 0.255 e. The molecule has 2 N–H and O–H groups in total. The first-order valence-electron chi connectivity index (χ1n) is 8.69. The van der Waals surface area contributed by atoms with Crippen molar-refractivity contribution in [1.29, 1.82) is 0 Å². The molecule has 0 spiro atoms. The summed E-state index contributed by atoms with van der Waals surface area (Å²) in [4.78, 5) is 24.5. The van der Waals surface area contributed by atoms with Crippen molar-refractivity contribution in [3.05, 3.63) is 64.2 Å². The molecule has 2 rings (SSSR count). The minimum Gasteiger partial charge on any atom is -0.352 e. The highest BCUT2D eigenvalue weighted by Gasteiger charge is 2.11. The summed E-state index contributed by atoms with van der Waals surface area (Å²) in [6, 6.07) is 10.8. The van der Waals surface area contributed by atoms with E-state index in [1.165, 1.54) is 5.56 Å². The second-order valence-corrected chi connectivity index (χ2v) is 6.41. The molecule has 0 aliphatic rings. The van der Waals surface area contributed by atoms with Gasteiger partial charge in [-0.15, -0.1) is 0 Å². The Morgan fingerprint density at radius 1 is 0.880 bits per heavy atom. The molecule has 132 valence electrons. The molecule has 0 radical (unpaired) electrons. The lowest BCUT2D eigenvalue weighted by molar-refractivity contribution is 0.0951. The standard InChI is InChI=1S/C21H26N2O2/c1-5-6-11-22-20(24)17-7-9-18(10-8-17)21(25)23-19-15(3)12-14(2)13-16(19)4/h7-10,12-13H,5-6,11H2,1-4H3,(H,22,24)(H,23,25). The van der Waals surface area contributed by atoms with E-state index in [1.54, 1.807) is 24.3 Å². The van der Waals surface area contributed by atoms with Crippen LogP contribution in [0.1, 0.15) is 57.2 Å². The van der Waals surface area contributed by atoms with Crippen LogP contribution in [-0.2, 0) is 0 Å². The predicted octanol–water partition coefficient (Wildman–Crippen LogP) is 4.39. The molecule has 2 aromatic carbocycles. The summed E-state index contributed by atoms with van der Waals surface area (Å²) in [6.07, 6.45) is 2.00. The number of nitrogens with one attached hydrogen (secondary N) is 2. The summed E-state index contributed by atoms with van der Waals surface area (Å²) < 4.78 is 0. The van der Waals surface area contributed by atoms with E-state index < -0.39 is 0 Å². The highest BCUT2D eigenvalue weighted by atomic mass is 16.2. The summed E-state index contributed by atoms with van der Waals surface area (Å²) in [6.45, 7) is 8.76. The van der Waals surface area contributed by atoms with Gasteiger partial charge in [0.15, 0.2) is 0 Å². The topological polar surface area (TPSA) is 58.2 Å². The van der Waals surface area contributed by atoms with Gasteiger partial charge in [-0.2, -0.15) is 0 Å². The molecule has 2 aromatic rings. The number of hydrogen-bond donors (Lipinski definition) is 2. The molecular formula is C21H26N2O2. The lowest BCUT2D eigenvalue weighted by Gasteiger charge is -2.13. The lowest BCUT2D eigenvalue weighted by atomic mass is 10.0. The molecule has 2 amide bonds. The third-order valence-corrected chi connectivity index (χ3v) is 4.14. The Balaban J connectivity index is 2.07. The van der Waals surface area contributed by atoms with Crippen LogP contribution in [0.3, 0.4) is 0 Å². The largest absolute Gasteiger partial charge is 0.352 e. The van der Waals surface area contributed by atoms with Crippen LogP contribution in [0, 0.1) is 20.8 Å². The van der Waals surface area contributed by atoms with E-state index in [0.29, 0.717) is 17.7 Å². The van der Waals surface area contributed by atoms with Crippen LogP contribution in [0.2, 0.25) is 0 Å². The second kappa shape index (κ2) is 8.47. The SMILES string of the molecule is CCCCNC(=O)c1ccc(C(=O)Nc2c(C)cc(C)cc2C)cc1. The minimum atomic E-state index is -0.173. The van der Waals surface area contributed by atoms with Crippen molar-refractivity contribution < 1.29 is 9.59 Å². The van der Waals surface area contributed by atoms with Crippen LogP contribution in [0.5, 0.6) is 0 Å². The van der Waals surface area contributed by atoms with Crippen molar-refractivity contribution in [1.82, 2.24) is 5.32 Å². The summed E-state index contributed by atoms with van der Waals surface area (Å²) in [5, 5.41) is 5.84. The summed E-state index contributed by atoms with van der Waals surface area (Å²) >= 11 is 0. The second-order valence-electron chi connectivity index (χ2n) is 6.41. The molecule has 0 atom stereocenters. The average molecular weight is 338 g/mol. The minimum absolute atomic E-state index is 0.106. The fourth-order valence-electron chi connectivity index (χ4n) is 2.82. The van der Waals surface area contributed by atoms with Crippen molar-refractivity contribution in [3.8, 4) is 0 Å². The number of amides is 2. The van der Waals surface area contributed by atoms with Crippen LogP contribution in [0.15, 0.2) is 36.4 Å². The Morgan fingerprint density at radius 2 is 1.40 bits per heavy atom. The van der Waals surface area contributed by atoms with Crippen molar-refractivity contribution in [2.24, 2.45) is 0 Å². The molecule has 0 saturated carbocycles. The number of anilines is 1. The Hall–Kier alpha value is -2.62. The predicted molar refractivity (Wildman–Crippen MR) is 102 cm³/mol. The highest BCUT2D eigenvalue weighted by molar-refractivity contribution is 6.05. The zero-order valence-corrected chi connectivity index (χ0v) is 15.4. The number of aryl methyl sites for hydroxylation is 3. The molecule has 4 nitrogen and oxygen atoms in total. The van der Waals surface area contributed by atoms with E-state index in [1.807, 2.05) is 32.9 Å². The van der Waals surface area contributed by atoms with Gasteiger partial charge < -0.3 is 10.6 Å². The van der Waals surface area contributed by atoms with Gasteiger partial charge in [0.05, 0.1) is 0 Å². The Labute approximate surface area is 149 Å². The van der Waals surface area contributed by atoms with Crippen LogP contribution < -0.4 is 10.6 Å². The maximum atomic E-state index is 12.5. The van der Waals surface area contributed by atoms with Gasteiger partial charge in [-0.3, -0.25) is 9.59 Å². The van der Waals surface area contributed by atoms with Gasteiger partial charge in [-0.05, 0) is 62.6 Å². The zero-order valence-electron chi connectivity index (χ0n) is 15.4. The number of unbranched alkanes of at least 4 members (excludes halogenated alkanes) is 1. The van der Waals surface area contributed by atoms with E-state index in [0.717, 1.165) is 29.7 Å². The third kappa shape index (κ3) is 4.92. The van der Waals surface area contributed by atoms with Gasteiger partial charge in [-0.1, -0.05) is 31.0 Å². The molecular weight excluding hydrogens is 312 g/mol. The van der Waals surface area contributed by atoms with E-state index in [4.69, 9.17) is 0 Å². The fraction of sp³-hybridized carbons (Fsp3) is 0.333. The van der Waals surface area contributed by atoms with Gasteiger partial charge in [0.25, 0.3) is 11.8 Å². The van der Waals surface area contributed by atoms with Gasteiger partial charge >= 0.3 is 0 Å². The lowest BCUT2D eigenvalue weighted by Crippen LogP contribution is -2.24. The maximum absolute atomic E-state index is 12.5. The number of carbonyl (C=O) groups excluding carboxylic acids is 2. The van der Waals surface area contributed by atoms with Gasteiger partial charge in [0.2, 0.25) is 0 Å². The van der Waals surface area contributed by atoms with Crippen LogP contribution in [-0.4, -0.2) is 18.4 Å². The molecule has 0 unspecified atom stereocenters. The molecule has 25 heavy (non-hydrogen) atoms. The first-order valence-corrected chi connectivity index (χ1v) is 8.69. The quantitative estimate of drug-likeness (QED) is 0.767. The third-order valence-electron chi connectivity index (χ3n) is 4.14. The molecule has 0 saturated heterocycles. The molecule has 0 fully saturated rings. The van der Waals surface area contributed by atoms with Crippen molar-refractivity contribution in [3.63, 3.8) is 0 Å². The van der Waals surface area contributed by atoms with Crippen LogP contribution in [0.25, 0.3) is 0 Å². The van der Waals surface area contributed by atoms with E-state index in [2.05, 4.69) is 17.6 Å². The Morgan fingerprint density at radius 3 is 1.92 bits per heavy atom. The van der Waals surface area contributed by atoms with Gasteiger partial charge in [-0.25, -0.2) is 0 Å². The summed E-state index contributed by atoms with van der Waals surface area (Å²) in [7, 11) is 0. The van der Waals surface area contributed by atoms with Crippen molar-refractivity contribution >= 4 is 17.5 Å². The highest BCUT2D eigenvalue weighted by Crippen LogP contribution is 2.22. The monoisotopic (exact) mass is 338 g/mol. The molecule has 0 aliphatic carbocycles. The first kappa shape index (κ1) is 18.7.